The van der Waals surface area contributed by atoms with Crippen LogP contribution < -0.4 is 4.90 Å². The standard InChI is InChI=1S/C28H27N/c1-3-22-18-20-23(21-19-22)27-16-11-17-28(26(27)4-2)29(24-12-7-5-8-13-24)25-14-9-6-10-15-25/h5-21H,3-4H2,1-2H3. The Bertz CT molecular complexity index is 1010. The zero-order valence-electron chi connectivity index (χ0n) is 17.2. The third-order valence-electron chi connectivity index (χ3n) is 5.45. The van der Waals surface area contributed by atoms with Gasteiger partial charge in [0.25, 0.3) is 0 Å². The maximum atomic E-state index is 2.36. The molecule has 144 valence electrons. The Hall–Kier alpha value is -3.32. The molecule has 29 heavy (non-hydrogen) atoms. The van der Waals surface area contributed by atoms with E-state index < -0.39 is 0 Å². The van der Waals surface area contributed by atoms with Crippen LogP contribution >= 0.6 is 0 Å². The molecule has 0 N–H and O–H groups in total. The summed E-state index contributed by atoms with van der Waals surface area (Å²) < 4.78 is 0. The SMILES string of the molecule is CCc1ccc(-c2cccc(N(c3ccccc3)c3ccccc3)c2CC)cc1. The van der Waals surface area contributed by atoms with Crippen LogP contribution in [-0.4, -0.2) is 0 Å². The quantitative estimate of drug-likeness (QED) is 0.329. The van der Waals surface area contributed by atoms with Crippen molar-refractivity contribution in [3.63, 3.8) is 0 Å². The minimum absolute atomic E-state index is 0.969. The highest BCUT2D eigenvalue weighted by molar-refractivity contribution is 5.83. The Kier molecular flexibility index (Phi) is 5.76. The van der Waals surface area contributed by atoms with E-state index in [1.165, 1.54) is 39.3 Å². The van der Waals surface area contributed by atoms with Gasteiger partial charge in [-0.15, -0.1) is 0 Å². The van der Waals surface area contributed by atoms with Crippen molar-refractivity contribution in [1.29, 1.82) is 0 Å². The van der Waals surface area contributed by atoms with Gasteiger partial charge in [0.1, 0.15) is 0 Å². The van der Waals surface area contributed by atoms with Crippen molar-refractivity contribution in [1.82, 2.24) is 0 Å². The fourth-order valence-electron chi connectivity index (χ4n) is 3.93. The molecule has 0 amide bonds. The molecule has 4 aromatic carbocycles. The lowest BCUT2D eigenvalue weighted by molar-refractivity contribution is 1.11. The third kappa shape index (κ3) is 3.95. The van der Waals surface area contributed by atoms with Crippen LogP contribution in [0.2, 0.25) is 0 Å². The van der Waals surface area contributed by atoms with Crippen molar-refractivity contribution in [3.8, 4) is 11.1 Å². The highest BCUT2D eigenvalue weighted by atomic mass is 15.1. The Morgan fingerprint density at radius 3 is 1.66 bits per heavy atom. The number of anilines is 3. The Morgan fingerprint density at radius 2 is 1.14 bits per heavy atom. The van der Waals surface area contributed by atoms with Gasteiger partial charge >= 0.3 is 0 Å². The summed E-state index contributed by atoms with van der Waals surface area (Å²) in [5.74, 6) is 0. The monoisotopic (exact) mass is 377 g/mol. The van der Waals surface area contributed by atoms with Crippen LogP contribution in [0.3, 0.4) is 0 Å². The molecule has 0 saturated carbocycles. The molecule has 0 saturated heterocycles. The van der Waals surface area contributed by atoms with E-state index in [1.54, 1.807) is 0 Å². The summed E-state index contributed by atoms with van der Waals surface area (Å²) in [7, 11) is 0. The predicted octanol–water partition coefficient (Wildman–Crippen LogP) is 7.95. The van der Waals surface area contributed by atoms with Gasteiger partial charge in [-0.05, 0) is 65.4 Å². The molecule has 0 unspecified atom stereocenters. The van der Waals surface area contributed by atoms with E-state index in [9.17, 15) is 0 Å². The maximum Gasteiger partial charge on any atom is 0.0499 e. The lowest BCUT2D eigenvalue weighted by Crippen LogP contribution is -2.12. The molecule has 0 bridgehead atoms. The topological polar surface area (TPSA) is 3.24 Å². The first-order chi connectivity index (χ1) is 14.3. The number of aryl methyl sites for hydroxylation is 1. The number of hydrogen-bond donors (Lipinski definition) is 0. The second-order valence-corrected chi connectivity index (χ2v) is 7.21. The number of rotatable bonds is 6. The van der Waals surface area contributed by atoms with Crippen LogP contribution in [0.4, 0.5) is 17.1 Å². The molecule has 0 spiro atoms. The molecule has 0 atom stereocenters. The summed E-state index contributed by atoms with van der Waals surface area (Å²) in [4.78, 5) is 2.36. The minimum atomic E-state index is 0.969. The van der Waals surface area contributed by atoms with Crippen LogP contribution in [0.25, 0.3) is 11.1 Å². The normalized spacial score (nSPS) is 10.7. The molecule has 1 heteroatoms. The number of benzene rings is 4. The second kappa shape index (κ2) is 8.79. The van der Waals surface area contributed by atoms with Crippen molar-refractivity contribution in [2.24, 2.45) is 0 Å². The van der Waals surface area contributed by atoms with Gasteiger partial charge in [0.05, 0.1) is 0 Å². The van der Waals surface area contributed by atoms with Crippen LogP contribution in [0.5, 0.6) is 0 Å². The molecule has 4 rings (SSSR count). The number of hydrogen-bond acceptors (Lipinski definition) is 1. The van der Waals surface area contributed by atoms with Crippen molar-refractivity contribution in [2.45, 2.75) is 26.7 Å². The third-order valence-corrected chi connectivity index (χ3v) is 5.45. The van der Waals surface area contributed by atoms with E-state index in [-0.39, 0.29) is 0 Å². The average Bonchev–Trinajstić information content (AvgIpc) is 2.80. The van der Waals surface area contributed by atoms with Gasteiger partial charge in [-0.3, -0.25) is 0 Å². The molecule has 0 fully saturated rings. The molecule has 1 nitrogen and oxygen atoms in total. The van der Waals surface area contributed by atoms with E-state index in [2.05, 4.69) is 122 Å². The van der Waals surface area contributed by atoms with Crippen molar-refractivity contribution >= 4 is 17.1 Å². The summed E-state index contributed by atoms with van der Waals surface area (Å²) in [6.45, 7) is 4.45. The van der Waals surface area contributed by atoms with Crippen molar-refractivity contribution in [2.75, 3.05) is 4.90 Å². The molecule has 0 radical (unpaired) electrons. The molecule has 0 aliphatic rings. The first-order valence-corrected chi connectivity index (χ1v) is 10.4. The second-order valence-electron chi connectivity index (χ2n) is 7.21. The number of para-hydroxylation sites is 2. The molecule has 0 aromatic heterocycles. The summed E-state index contributed by atoms with van der Waals surface area (Å²) in [6.07, 6.45) is 2.04. The first kappa shape index (κ1) is 19.0. The zero-order valence-corrected chi connectivity index (χ0v) is 17.2. The molecule has 4 aromatic rings. The Balaban J connectivity index is 1.89. The lowest BCUT2D eigenvalue weighted by Gasteiger charge is -2.28. The Morgan fingerprint density at radius 1 is 0.552 bits per heavy atom. The maximum absolute atomic E-state index is 2.36. The van der Waals surface area contributed by atoms with Crippen molar-refractivity contribution in [3.05, 3.63) is 114 Å². The van der Waals surface area contributed by atoms with Gasteiger partial charge in [0, 0.05) is 17.1 Å². The van der Waals surface area contributed by atoms with E-state index >= 15 is 0 Å². The van der Waals surface area contributed by atoms with Gasteiger partial charge in [0.2, 0.25) is 0 Å². The van der Waals surface area contributed by atoms with E-state index in [0.717, 1.165) is 12.8 Å². The van der Waals surface area contributed by atoms with E-state index in [4.69, 9.17) is 0 Å². The molecule has 0 heterocycles. The molecular formula is C28H27N. The number of nitrogens with zero attached hydrogens (tertiary/aromatic N) is 1. The van der Waals surface area contributed by atoms with Gasteiger partial charge in [-0.25, -0.2) is 0 Å². The van der Waals surface area contributed by atoms with Gasteiger partial charge in [-0.2, -0.15) is 0 Å². The highest BCUT2D eigenvalue weighted by Crippen LogP contribution is 2.40. The zero-order chi connectivity index (χ0) is 20.1. The average molecular weight is 378 g/mol. The molecule has 0 aliphatic heterocycles. The van der Waals surface area contributed by atoms with Crippen LogP contribution in [-0.2, 0) is 12.8 Å². The molecular weight excluding hydrogens is 350 g/mol. The summed E-state index contributed by atoms with van der Waals surface area (Å²) in [5, 5.41) is 0. The molecule has 0 aliphatic carbocycles. The smallest absolute Gasteiger partial charge is 0.0499 e. The first-order valence-electron chi connectivity index (χ1n) is 10.4. The lowest BCUT2D eigenvalue weighted by atomic mass is 9.94. The van der Waals surface area contributed by atoms with Crippen molar-refractivity contribution < 1.29 is 0 Å². The van der Waals surface area contributed by atoms with Gasteiger partial charge in [0.15, 0.2) is 0 Å². The highest BCUT2D eigenvalue weighted by Gasteiger charge is 2.17. The summed E-state index contributed by atoms with van der Waals surface area (Å²) >= 11 is 0. The van der Waals surface area contributed by atoms with Crippen LogP contribution in [0.1, 0.15) is 25.0 Å². The van der Waals surface area contributed by atoms with Gasteiger partial charge < -0.3 is 4.90 Å². The summed E-state index contributed by atoms with van der Waals surface area (Å²) in [5.41, 5.74) is 8.91. The Labute approximate surface area is 174 Å². The van der Waals surface area contributed by atoms with Gasteiger partial charge in [-0.1, -0.05) is 86.6 Å². The van der Waals surface area contributed by atoms with Crippen LogP contribution in [0.15, 0.2) is 103 Å². The fraction of sp³-hybridized carbons (Fsp3) is 0.143. The summed E-state index contributed by atoms with van der Waals surface area (Å²) in [6, 6.07) is 36.9. The predicted molar refractivity (Wildman–Crippen MR) is 125 cm³/mol. The van der Waals surface area contributed by atoms with E-state index in [0.29, 0.717) is 0 Å². The fourth-order valence-corrected chi connectivity index (χ4v) is 3.93. The largest absolute Gasteiger partial charge is 0.310 e. The van der Waals surface area contributed by atoms with E-state index in [1.807, 2.05) is 0 Å². The minimum Gasteiger partial charge on any atom is -0.310 e. The van der Waals surface area contributed by atoms with Crippen LogP contribution in [0, 0.1) is 0 Å².